The molecule has 1 fully saturated rings. The van der Waals surface area contributed by atoms with E-state index >= 15 is 0 Å². The molecule has 5 nitrogen and oxygen atoms in total. The molecule has 2 unspecified atom stereocenters. The Labute approximate surface area is 108 Å². The fraction of sp³-hybridized carbons (Fsp3) is 0.846. The molecule has 1 saturated carbocycles. The fourth-order valence-corrected chi connectivity index (χ4v) is 2.04. The SMILES string of the molecule is CCCCC(C)NC(=O)NC(CC(=O)O)C1CC1. The maximum absolute atomic E-state index is 11.7. The van der Waals surface area contributed by atoms with Gasteiger partial charge in [0.1, 0.15) is 0 Å². The first-order valence-electron chi connectivity index (χ1n) is 6.81. The van der Waals surface area contributed by atoms with Crippen LogP contribution in [0.15, 0.2) is 0 Å². The van der Waals surface area contributed by atoms with Gasteiger partial charge in [-0.15, -0.1) is 0 Å². The van der Waals surface area contributed by atoms with Crippen molar-refractivity contribution in [3.05, 3.63) is 0 Å². The molecular weight excluding hydrogens is 232 g/mol. The van der Waals surface area contributed by atoms with Crippen molar-refractivity contribution < 1.29 is 14.7 Å². The van der Waals surface area contributed by atoms with E-state index in [9.17, 15) is 9.59 Å². The van der Waals surface area contributed by atoms with E-state index in [0.29, 0.717) is 5.92 Å². The van der Waals surface area contributed by atoms with Crippen molar-refractivity contribution in [2.24, 2.45) is 5.92 Å². The second-order valence-corrected chi connectivity index (χ2v) is 5.20. The normalized spacial score (nSPS) is 17.9. The lowest BCUT2D eigenvalue weighted by atomic mass is 10.1. The smallest absolute Gasteiger partial charge is 0.315 e. The average molecular weight is 256 g/mol. The quantitative estimate of drug-likeness (QED) is 0.622. The summed E-state index contributed by atoms with van der Waals surface area (Å²) in [6.07, 6.45) is 5.20. The lowest BCUT2D eigenvalue weighted by molar-refractivity contribution is -0.137. The van der Waals surface area contributed by atoms with Crippen LogP contribution in [0.1, 0.15) is 52.4 Å². The van der Waals surface area contributed by atoms with Crippen molar-refractivity contribution in [2.75, 3.05) is 0 Å². The number of carboxylic acids is 1. The van der Waals surface area contributed by atoms with Gasteiger partial charge in [0.15, 0.2) is 0 Å². The molecule has 5 heteroatoms. The highest BCUT2D eigenvalue weighted by molar-refractivity contribution is 5.76. The Balaban J connectivity index is 2.29. The molecule has 18 heavy (non-hydrogen) atoms. The van der Waals surface area contributed by atoms with Crippen LogP contribution in [0, 0.1) is 5.92 Å². The van der Waals surface area contributed by atoms with Gasteiger partial charge in [-0.3, -0.25) is 4.79 Å². The molecule has 0 aromatic rings. The standard InChI is InChI=1S/C13H24N2O3/c1-3-4-5-9(2)14-13(18)15-11(8-12(16)17)10-6-7-10/h9-11H,3-8H2,1-2H3,(H,16,17)(H2,14,15,18). The van der Waals surface area contributed by atoms with E-state index in [1.807, 2.05) is 6.92 Å². The van der Waals surface area contributed by atoms with Gasteiger partial charge in [0.2, 0.25) is 0 Å². The number of unbranched alkanes of at least 4 members (excludes halogenated alkanes) is 1. The van der Waals surface area contributed by atoms with E-state index in [0.717, 1.165) is 32.1 Å². The predicted octanol–water partition coefficient (Wildman–Crippen LogP) is 2.12. The number of carbonyl (C=O) groups is 2. The molecule has 1 rings (SSSR count). The summed E-state index contributed by atoms with van der Waals surface area (Å²) in [4.78, 5) is 22.4. The zero-order valence-electron chi connectivity index (χ0n) is 11.2. The van der Waals surface area contributed by atoms with Crippen LogP contribution in [0.3, 0.4) is 0 Å². The van der Waals surface area contributed by atoms with Gasteiger partial charge in [0, 0.05) is 12.1 Å². The molecule has 0 aromatic heterocycles. The van der Waals surface area contributed by atoms with Crippen molar-refractivity contribution in [3.63, 3.8) is 0 Å². The Morgan fingerprint density at radius 1 is 1.33 bits per heavy atom. The Morgan fingerprint density at radius 2 is 2.00 bits per heavy atom. The Bertz CT molecular complexity index is 290. The molecule has 0 radical (unpaired) electrons. The van der Waals surface area contributed by atoms with E-state index in [1.54, 1.807) is 0 Å². The summed E-state index contributed by atoms with van der Waals surface area (Å²) in [6.45, 7) is 4.08. The van der Waals surface area contributed by atoms with Crippen LogP contribution >= 0.6 is 0 Å². The molecule has 0 heterocycles. The number of urea groups is 1. The number of hydrogen-bond acceptors (Lipinski definition) is 2. The summed E-state index contributed by atoms with van der Waals surface area (Å²) in [5.41, 5.74) is 0. The van der Waals surface area contributed by atoms with E-state index in [2.05, 4.69) is 17.6 Å². The molecule has 2 amide bonds. The van der Waals surface area contributed by atoms with Crippen molar-refractivity contribution in [1.29, 1.82) is 0 Å². The molecule has 0 saturated heterocycles. The van der Waals surface area contributed by atoms with Gasteiger partial charge in [0.25, 0.3) is 0 Å². The number of amides is 2. The third kappa shape index (κ3) is 5.89. The summed E-state index contributed by atoms with van der Waals surface area (Å²) in [5, 5.41) is 14.4. The molecule has 104 valence electrons. The summed E-state index contributed by atoms with van der Waals surface area (Å²) in [7, 11) is 0. The summed E-state index contributed by atoms with van der Waals surface area (Å²) < 4.78 is 0. The fourth-order valence-electron chi connectivity index (χ4n) is 2.04. The maximum Gasteiger partial charge on any atom is 0.315 e. The Kier molecular flexibility index (Phi) is 5.95. The molecule has 0 spiro atoms. The van der Waals surface area contributed by atoms with Crippen LogP contribution in [-0.2, 0) is 4.79 Å². The lowest BCUT2D eigenvalue weighted by Crippen LogP contribution is -2.46. The summed E-state index contributed by atoms with van der Waals surface area (Å²) in [6, 6.07) is -0.327. The lowest BCUT2D eigenvalue weighted by Gasteiger charge is -2.19. The monoisotopic (exact) mass is 256 g/mol. The third-order valence-corrected chi connectivity index (χ3v) is 3.27. The van der Waals surface area contributed by atoms with Gasteiger partial charge in [-0.2, -0.15) is 0 Å². The first-order chi connectivity index (χ1) is 8.52. The van der Waals surface area contributed by atoms with Crippen molar-refractivity contribution in [3.8, 4) is 0 Å². The van der Waals surface area contributed by atoms with Gasteiger partial charge in [0.05, 0.1) is 6.42 Å². The van der Waals surface area contributed by atoms with E-state index < -0.39 is 5.97 Å². The molecule has 1 aliphatic rings. The second kappa shape index (κ2) is 7.24. The van der Waals surface area contributed by atoms with Crippen LogP contribution < -0.4 is 10.6 Å². The molecule has 3 N–H and O–H groups in total. The predicted molar refractivity (Wildman–Crippen MR) is 69.4 cm³/mol. The zero-order valence-corrected chi connectivity index (χ0v) is 11.2. The average Bonchev–Trinajstić information content (AvgIpc) is 3.08. The minimum absolute atomic E-state index is 0.0153. The van der Waals surface area contributed by atoms with E-state index in [1.165, 1.54) is 0 Å². The first kappa shape index (κ1) is 14.8. The highest BCUT2D eigenvalue weighted by Crippen LogP contribution is 2.33. The first-order valence-corrected chi connectivity index (χ1v) is 6.81. The Hall–Kier alpha value is -1.26. The van der Waals surface area contributed by atoms with Crippen molar-refractivity contribution >= 4 is 12.0 Å². The highest BCUT2D eigenvalue weighted by atomic mass is 16.4. The number of hydrogen-bond donors (Lipinski definition) is 3. The van der Waals surface area contributed by atoms with Gasteiger partial charge in [-0.25, -0.2) is 4.79 Å². The summed E-state index contributed by atoms with van der Waals surface area (Å²) >= 11 is 0. The number of rotatable bonds is 8. The van der Waals surface area contributed by atoms with Crippen LogP contribution in [0.5, 0.6) is 0 Å². The maximum atomic E-state index is 11.7. The highest BCUT2D eigenvalue weighted by Gasteiger charge is 2.33. The van der Waals surface area contributed by atoms with Gasteiger partial charge < -0.3 is 15.7 Å². The number of nitrogens with one attached hydrogen (secondary N) is 2. The molecule has 2 atom stereocenters. The second-order valence-electron chi connectivity index (χ2n) is 5.20. The molecule has 0 aromatic carbocycles. The van der Waals surface area contributed by atoms with Crippen LogP contribution in [0.4, 0.5) is 4.79 Å². The minimum Gasteiger partial charge on any atom is -0.481 e. The topological polar surface area (TPSA) is 78.4 Å². The number of carboxylic acid groups (broad SMARTS) is 1. The van der Waals surface area contributed by atoms with E-state index in [-0.39, 0.29) is 24.5 Å². The molecule has 0 bridgehead atoms. The van der Waals surface area contributed by atoms with Crippen LogP contribution in [0.2, 0.25) is 0 Å². The number of aliphatic carboxylic acids is 1. The molecule has 1 aliphatic carbocycles. The minimum atomic E-state index is -0.855. The summed E-state index contributed by atoms with van der Waals surface area (Å²) in [5.74, 6) is -0.510. The largest absolute Gasteiger partial charge is 0.481 e. The van der Waals surface area contributed by atoms with Crippen LogP contribution in [-0.4, -0.2) is 29.2 Å². The molecule has 0 aliphatic heterocycles. The molecular formula is C13H24N2O3. The Morgan fingerprint density at radius 3 is 2.50 bits per heavy atom. The van der Waals surface area contributed by atoms with Gasteiger partial charge in [-0.1, -0.05) is 19.8 Å². The zero-order chi connectivity index (χ0) is 13.5. The van der Waals surface area contributed by atoms with Crippen molar-refractivity contribution in [1.82, 2.24) is 10.6 Å². The van der Waals surface area contributed by atoms with Gasteiger partial charge in [-0.05, 0) is 32.1 Å². The van der Waals surface area contributed by atoms with Crippen LogP contribution in [0.25, 0.3) is 0 Å². The van der Waals surface area contributed by atoms with E-state index in [4.69, 9.17) is 5.11 Å². The van der Waals surface area contributed by atoms with Crippen molar-refractivity contribution in [2.45, 2.75) is 64.5 Å². The van der Waals surface area contributed by atoms with Gasteiger partial charge >= 0.3 is 12.0 Å². The number of carbonyl (C=O) groups excluding carboxylic acids is 1. The third-order valence-electron chi connectivity index (χ3n) is 3.27.